The van der Waals surface area contributed by atoms with Crippen LogP contribution in [0, 0.1) is 22.7 Å². The van der Waals surface area contributed by atoms with Crippen LogP contribution in [-0.2, 0) is 17.1 Å². The monoisotopic (exact) mass is 478 g/mol. The molecule has 1 saturated heterocycles. The highest BCUT2D eigenvalue weighted by atomic mass is 32.2. The fourth-order valence-corrected chi connectivity index (χ4v) is 4.67. The van der Waals surface area contributed by atoms with Crippen LogP contribution >= 0.6 is 11.8 Å². The van der Waals surface area contributed by atoms with Gasteiger partial charge in [0, 0.05) is 38.9 Å². The van der Waals surface area contributed by atoms with E-state index in [4.69, 9.17) is 9.72 Å². The summed E-state index contributed by atoms with van der Waals surface area (Å²) in [5, 5.41) is 23.2. The first kappa shape index (κ1) is 25.4. The largest absolute Gasteiger partial charge is 0.491 e. The maximum Gasteiger partial charge on any atom is 0.217 e. The minimum absolute atomic E-state index is 0.0625. The zero-order valence-electron chi connectivity index (χ0n) is 19.9. The molecule has 1 N–H and O–H groups in total. The quantitative estimate of drug-likeness (QED) is 0.576. The predicted octanol–water partition coefficient (Wildman–Crippen LogP) is 3.29. The van der Waals surface area contributed by atoms with Gasteiger partial charge in [-0.2, -0.15) is 10.5 Å². The summed E-state index contributed by atoms with van der Waals surface area (Å²) < 4.78 is 5.82. The Morgan fingerprint density at radius 2 is 1.82 bits per heavy atom. The van der Waals surface area contributed by atoms with Crippen LogP contribution in [0.25, 0.3) is 0 Å². The van der Waals surface area contributed by atoms with Crippen molar-refractivity contribution < 1.29 is 9.53 Å². The van der Waals surface area contributed by atoms with E-state index in [-0.39, 0.29) is 5.91 Å². The van der Waals surface area contributed by atoms with E-state index in [1.165, 1.54) is 18.7 Å². The van der Waals surface area contributed by atoms with Gasteiger partial charge in [-0.1, -0.05) is 24.3 Å². The van der Waals surface area contributed by atoms with Crippen molar-refractivity contribution in [2.45, 2.75) is 37.6 Å². The molecule has 3 rings (SSSR count). The molecule has 8 nitrogen and oxygen atoms in total. The number of benzene rings is 1. The molecule has 1 aliphatic heterocycles. The van der Waals surface area contributed by atoms with Crippen LogP contribution in [-0.4, -0.2) is 55.6 Å². The number of rotatable bonds is 8. The van der Waals surface area contributed by atoms with E-state index in [9.17, 15) is 15.3 Å². The van der Waals surface area contributed by atoms with Crippen molar-refractivity contribution in [1.82, 2.24) is 15.2 Å². The van der Waals surface area contributed by atoms with Crippen molar-refractivity contribution >= 4 is 23.5 Å². The normalized spacial score (nSPS) is 14.1. The molecule has 1 aliphatic rings. The third-order valence-electron chi connectivity index (χ3n) is 5.57. The van der Waals surface area contributed by atoms with E-state index in [2.05, 4.69) is 34.3 Å². The zero-order valence-corrected chi connectivity index (χ0v) is 20.7. The van der Waals surface area contributed by atoms with Gasteiger partial charge < -0.3 is 19.9 Å². The lowest BCUT2D eigenvalue weighted by atomic mass is 10.1. The van der Waals surface area contributed by atoms with Crippen LogP contribution in [0.4, 0.5) is 5.82 Å². The number of anilines is 1. The van der Waals surface area contributed by atoms with E-state index >= 15 is 0 Å². The molecule has 2 aromatic rings. The van der Waals surface area contributed by atoms with E-state index in [0.717, 1.165) is 43.7 Å². The van der Waals surface area contributed by atoms with Crippen molar-refractivity contribution in [3.05, 3.63) is 46.5 Å². The lowest BCUT2D eigenvalue weighted by Gasteiger charge is -2.25. The van der Waals surface area contributed by atoms with Crippen LogP contribution < -0.4 is 15.0 Å². The van der Waals surface area contributed by atoms with Gasteiger partial charge in [-0.15, -0.1) is 11.8 Å². The Kier molecular flexibility index (Phi) is 9.15. The Morgan fingerprint density at radius 3 is 2.47 bits per heavy atom. The third-order valence-corrected chi connectivity index (χ3v) is 6.62. The highest BCUT2D eigenvalue weighted by Crippen LogP contribution is 2.38. The summed E-state index contributed by atoms with van der Waals surface area (Å²) in [4.78, 5) is 20.3. The van der Waals surface area contributed by atoms with Crippen LogP contribution in [0.15, 0.2) is 29.3 Å². The number of ether oxygens (including phenoxy) is 1. The lowest BCUT2D eigenvalue weighted by molar-refractivity contribution is -0.119. The smallest absolute Gasteiger partial charge is 0.217 e. The van der Waals surface area contributed by atoms with Gasteiger partial charge in [0.05, 0.1) is 6.61 Å². The van der Waals surface area contributed by atoms with Crippen LogP contribution in [0.1, 0.15) is 42.5 Å². The topological polar surface area (TPSA) is 105 Å². The minimum Gasteiger partial charge on any atom is -0.491 e. The number of amides is 1. The summed E-state index contributed by atoms with van der Waals surface area (Å²) in [6.45, 7) is 7.62. The lowest BCUT2D eigenvalue weighted by Crippen LogP contribution is -2.30. The molecule has 0 radical (unpaired) electrons. The molecule has 0 saturated carbocycles. The first-order chi connectivity index (χ1) is 16.5. The summed E-state index contributed by atoms with van der Waals surface area (Å²) in [7, 11) is 2.09. The average molecular weight is 479 g/mol. The number of nitrogens with zero attached hydrogens (tertiary/aromatic N) is 5. The number of aromatic nitrogens is 1. The number of likely N-dealkylation sites (N-methyl/N-ethyl adjacent to an activating group) is 1. The SMILES string of the molecule is CCOc1c(C#N)c(SCc2ccc(CNC(C)=O)cc2)nc(N2CCCN(C)CC2)c1C#N. The highest BCUT2D eigenvalue weighted by molar-refractivity contribution is 7.98. The van der Waals surface area contributed by atoms with Gasteiger partial charge in [0.15, 0.2) is 11.6 Å². The van der Waals surface area contributed by atoms with Gasteiger partial charge in [-0.05, 0) is 38.1 Å². The number of pyridine rings is 1. The van der Waals surface area contributed by atoms with E-state index in [1.807, 2.05) is 31.2 Å². The summed E-state index contributed by atoms with van der Waals surface area (Å²) >= 11 is 1.46. The molecule has 0 atom stereocenters. The van der Waals surface area contributed by atoms with Crippen molar-refractivity contribution in [2.75, 3.05) is 44.7 Å². The standard InChI is InChI=1S/C25H30N6O2S/c1-4-33-23-21(14-26)24(31-11-5-10-30(3)12-13-31)29-25(22(23)15-27)34-17-20-8-6-19(7-9-20)16-28-18(2)32/h6-9H,4-5,10-13,16-17H2,1-3H3,(H,28,32). The molecule has 1 aromatic carbocycles. The number of nitriles is 2. The van der Waals surface area contributed by atoms with Crippen molar-refractivity contribution in [3.63, 3.8) is 0 Å². The Morgan fingerprint density at radius 1 is 1.12 bits per heavy atom. The maximum atomic E-state index is 11.1. The third kappa shape index (κ3) is 6.40. The van der Waals surface area contributed by atoms with Crippen LogP contribution in [0.5, 0.6) is 5.75 Å². The molecule has 1 fully saturated rings. The zero-order chi connectivity index (χ0) is 24.5. The predicted molar refractivity (Wildman–Crippen MR) is 133 cm³/mol. The second kappa shape index (κ2) is 12.3. The van der Waals surface area contributed by atoms with Gasteiger partial charge >= 0.3 is 0 Å². The number of hydrogen-bond donors (Lipinski definition) is 1. The van der Waals surface area contributed by atoms with Gasteiger partial charge in [0.2, 0.25) is 5.91 Å². The Labute approximate surface area is 205 Å². The van der Waals surface area contributed by atoms with Crippen LogP contribution in [0.2, 0.25) is 0 Å². The van der Waals surface area contributed by atoms with Gasteiger partial charge in [-0.3, -0.25) is 4.79 Å². The average Bonchev–Trinajstić information content (AvgIpc) is 3.06. The fraction of sp³-hybridized carbons (Fsp3) is 0.440. The van der Waals surface area contributed by atoms with Gasteiger partial charge in [0.1, 0.15) is 28.3 Å². The number of nitrogens with one attached hydrogen (secondary N) is 1. The summed E-state index contributed by atoms with van der Waals surface area (Å²) in [5.41, 5.74) is 2.73. The summed E-state index contributed by atoms with van der Waals surface area (Å²) in [6, 6.07) is 12.4. The van der Waals surface area contributed by atoms with E-state index in [1.54, 1.807) is 0 Å². The molecule has 2 heterocycles. The Bertz CT molecular complexity index is 1090. The molecule has 0 bridgehead atoms. The molecule has 0 aliphatic carbocycles. The van der Waals surface area contributed by atoms with Gasteiger partial charge in [0.25, 0.3) is 0 Å². The maximum absolute atomic E-state index is 11.1. The molecule has 1 aromatic heterocycles. The van der Waals surface area contributed by atoms with E-state index in [0.29, 0.717) is 46.6 Å². The molecule has 1 amide bonds. The second-order valence-corrected chi connectivity index (χ2v) is 9.10. The molecule has 178 valence electrons. The number of hydrogen-bond acceptors (Lipinski definition) is 8. The molecule has 0 unspecified atom stereocenters. The Balaban J connectivity index is 1.90. The molecule has 34 heavy (non-hydrogen) atoms. The summed E-state index contributed by atoms with van der Waals surface area (Å²) in [6.07, 6.45) is 0.973. The number of carbonyl (C=O) groups excluding carboxylic acids is 1. The molecular formula is C25H30N6O2S. The summed E-state index contributed by atoms with van der Waals surface area (Å²) in [5.74, 6) is 1.46. The fourth-order valence-electron chi connectivity index (χ4n) is 3.74. The van der Waals surface area contributed by atoms with Crippen molar-refractivity contribution in [2.24, 2.45) is 0 Å². The Hall–Kier alpha value is -3.27. The molecule has 0 spiro atoms. The number of carbonyl (C=O) groups is 1. The molecular weight excluding hydrogens is 448 g/mol. The van der Waals surface area contributed by atoms with Gasteiger partial charge in [-0.25, -0.2) is 4.98 Å². The first-order valence-electron chi connectivity index (χ1n) is 11.4. The van der Waals surface area contributed by atoms with Crippen molar-refractivity contribution in [3.8, 4) is 17.9 Å². The van der Waals surface area contributed by atoms with Crippen molar-refractivity contribution in [1.29, 1.82) is 10.5 Å². The second-order valence-electron chi connectivity index (χ2n) is 8.14. The first-order valence-corrected chi connectivity index (χ1v) is 12.3. The minimum atomic E-state index is -0.0625. The highest BCUT2D eigenvalue weighted by Gasteiger charge is 2.26. The van der Waals surface area contributed by atoms with Crippen LogP contribution in [0.3, 0.4) is 0 Å². The van der Waals surface area contributed by atoms with E-state index < -0.39 is 0 Å². The number of thioether (sulfide) groups is 1. The molecule has 9 heteroatoms.